The van der Waals surface area contributed by atoms with Crippen LogP contribution in [0.4, 0.5) is 0 Å². The summed E-state index contributed by atoms with van der Waals surface area (Å²) in [5.74, 6) is 0. The van der Waals surface area contributed by atoms with E-state index in [1.54, 1.807) is 11.3 Å². The molecule has 3 nitrogen and oxygen atoms in total. The molecule has 1 N–H and O–H groups in total. The molecular weight excluding hydrogens is 206 g/mol. The Morgan fingerprint density at radius 3 is 2.93 bits per heavy atom. The zero-order valence-electron chi connectivity index (χ0n) is 8.39. The summed E-state index contributed by atoms with van der Waals surface area (Å²) < 4.78 is 0. The lowest BCUT2D eigenvalue weighted by Crippen LogP contribution is -2.17. The Morgan fingerprint density at radius 1 is 1.20 bits per heavy atom. The minimum Gasteiger partial charge on any atom is -0.311 e. The summed E-state index contributed by atoms with van der Waals surface area (Å²) >= 11 is 1.63. The predicted octanol–water partition coefficient (Wildman–Crippen LogP) is 1.87. The normalized spacial score (nSPS) is 10.4. The molecule has 0 bridgehead atoms. The Morgan fingerprint density at radius 2 is 2.20 bits per heavy atom. The average Bonchev–Trinajstić information content (AvgIpc) is 2.79. The maximum absolute atomic E-state index is 4.26. The number of thiazole rings is 1. The molecule has 4 heteroatoms. The Bertz CT molecular complexity index is 372. The second kappa shape index (κ2) is 5.58. The van der Waals surface area contributed by atoms with Gasteiger partial charge in [0.15, 0.2) is 0 Å². The van der Waals surface area contributed by atoms with Crippen LogP contribution in [0.5, 0.6) is 0 Å². The molecule has 0 unspecified atom stereocenters. The number of rotatable bonds is 5. The molecule has 15 heavy (non-hydrogen) atoms. The molecular formula is C11H13N3S. The van der Waals surface area contributed by atoms with Crippen molar-refractivity contribution in [2.75, 3.05) is 6.54 Å². The highest BCUT2D eigenvalue weighted by molar-refractivity contribution is 7.07. The lowest BCUT2D eigenvalue weighted by atomic mass is 10.3. The van der Waals surface area contributed by atoms with Gasteiger partial charge in [-0.15, -0.1) is 11.3 Å². The summed E-state index contributed by atoms with van der Waals surface area (Å²) in [6.07, 6.45) is 2.79. The van der Waals surface area contributed by atoms with Gasteiger partial charge in [0, 0.05) is 36.8 Å². The second-order valence-corrected chi connectivity index (χ2v) is 3.95. The summed E-state index contributed by atoms with van der Waals surface area (Å²) in [7, 11) is 0. The molecule has 0 saturated heterocycles. The van der Waals surface area contributed by atoms with E-state index in [0.717, 1.165) is 30.9 Å². The first-order valence-electron chi connectivity index (χ1n) is 4.93. The average molecular weight is 219 g/mol. The van der Waals surface area contributed by atoms with Gasteiger partial charge in [-0.2, -0.15) is 0 Å². The van der Waals surface area contributed by atoms with Crippen molar-refractivity contribution in [1.29, 1.82) is 0 Å². The van der Waals surface area contributed by atoms with E-state index in [0.29, 0.717) is 0 Å². The Balaban J connectivity index is 1.68. The van der Waals surface area contributed by atoms with E-state index in [1.165, 1.54) is 0 Å². The fourth-order valence-corrected chi connectivity index (χ4v) is 1.86. The Kier molecular flexibility index (Phi) is 3.82. The van der Waals surface area contributed by atoms with Gasteiger partial charge in [0.05, 0.1) is 11.2 Å². The summed E-state index contributed by atoms with van der Waals surface area (Å²) in [6, 6.07) is 6.00. The van der Waals surface area contributed by atoms with Gasteiger partial charge in [-0.25, -0.2) is 4.98 Å². The first-order valence-corrected chi connectivity index (χ1v) is 5.87. The van der Waals surface area contributed by atoms with Crippen LogP contribution in [0, 0.1) is 0 Å². The van der Waals surface area contributed by atoms with Crippen molar-refractivity contribution in [3.8, 4) is 0 Å². The van der Waals surface area contributed by atoms with E-state index in [1.807, 2.05) is 29.9 Å². The van der Waals surface area contributed by atoms with Gasteiger partial charge in [-0.1, -0.05) is 6.07 Å². The zero-order valence-corrected chi connectivity index (χ0v) is 9.20. The molecule has 0 aliphatic carbocycles. The van der Waals surface area contributed by atoms with Gasteiger partial charge in [0.2, 0.25) is 0 Å². The van der Waals surface area contributed by atoms with Crippen molar-refractivity contribution < 1.29 is 0 Å². The van der Waals surface area contributed by atoms with Crippen LogP contribution < -0.4 is 5.32 Å². The zero-order chi connectivity index (χ0) is 10.3. The van der Waals surface area contributed by atoms with Crippen molar-refractivity contribution in [1.82, 2.24) is 15.3 Å². The summed E-state index contributed by atoms with van der Waals surface area (Å²) in [5.41, 5.74) is 4.10. The van der Waals surface area contributed by atoms with Crippen LogP contribution in [0.15, 0.2) is 35.3 Å². The maximum atomic E-state index is 4.26. The fourth-order valence-electron chi connectivity index (χ4n) is 1.30. The molecule has 0 aromatic carbocycles. The van der Waals surface area contributed by atoms with Gasteiger partial charge < -0.3 is 5.32 Å². The number of hydrogen-bond donors (Lipinski definition) is 1. The monoisotopic (exact) mass is 219 g/mol. The van der Waals surface area contributed by atoms with E-state index in [9.17, 15) is 0 Å². The van der Waals surface area contributed by atoms with E-state index in [-0.39, 0.29) is 0 Å². The van der Waals surface area contributed by atoms with Crippen LogP contribution in [0.25, 0.3) is 0 Å². The number of nitrogens with one attached hydrogen (secondary N) is 1. The third kappa shape index (κ3) is 3.42. The third-order valence-corrected chi connectivity index (χ3v) is 2.71. The van der Waals surface area contributed by atoms with Gasteiger partial charge >= 0.3 is 0 Å². The van der Waals surface area contributed by atoms with Crippen molar-refractivity contribution >= 4 is 11.3 Å². The van der Waals surface area contributed by atoms with Crippen LogP contribution in [0.1, 0.15) is 11.4 Å². The molecule has 2 aromatic rings. The summed E-state index contributed by atoms with van der Waals surface area (Å²) in [4.78, 5) is 8.46. The highest BCUT2D eigenvalue weighted by atomic mass is 32.1. The number of hydrogen-bond acceptors (Lipinski definition) is 4. The van der Waals surface area contributed by atoms with Crippen LogP contribution >= 0.6 is 11.3 Å². The van der Waals surface area contributed by atoms with Crippen molar-refractivity contribution in [2.24, 2.45) is 0 Å². The standard InChI is InChI=1S/C11H13N3S/c1-2-5-13-10(3-1)4-6-12-7-11-8-15-9-14-11/h1-3,5,8-9,12H,4,6-7H2. The van der Waals surface area contributed by atoms with Crippen LogP contribution in [-0.2, 0) is 13.0 Å². The summed E-state index contributed by atoms with van der Waals surface area (Å²) in [5, 5.41) is 5.40. The first kappa shape index (κ1) is 10.3. The van der Waals surface area contributed by atoms with E-state index >= 15 is 0 Å². The number of pyridine rings is 1. The molecule has 0 amide bonds. The molecule has 0 aliphatic heterocycles. The van der Waals surface area contributed by atoms with Gasteiger partial charge in [0.25, 0.3) is 0 Å². The molecule has 2 rings (SSSR count). The molecule has 78 valence electrons. The SMILES string of the molecule is c1ccc(CCNCc2cscn2)nc1. The largest absolute Gasteiger partial charge is 0.311 e. The Labute approximate surface area is 93.2 Å². The lowest BCUT2D eigenvalue weighted by molar-refractivity contribution is 0.671. The molecule has 2 heterocycles. The number of aromatic nitrogens is 2. The smallest absolute Gasteiger partial charge is 0.0795 e. The van der Waals surface area contributed by atoms with Gasteiger partial charge in [-0.05, 0) is 12.1 Å². The van der Waals surface area contributed by atoms with Crippen LogP contribution in [0.3, 0.4) is 0 Å². The lowest BCUT2D eigenvalue weighted by Gasteiger charge is -2.01. The van der Waals surface area contributed by atoms with Gasteiger partial charge in [-0.3, -0.25) is 4.98 Å². The van der Waals surface area contributed by atoms with E-state index < -0.39 is 0 Å². The van der Waals surface area contributed by atoms with Crippen molar-refractivity contribution in [3.05, 3.63) is 46.7 Å². The molecule has 0 atom stereocenters. The topological polar surface area (TPSA) is 37.8 Å². The highest BCUT2D eigenvalue weighted by Crippen LogP contribution is 2.00. The molecule has 0 fully saturated rings. The minimum absolute atomic E-state index is 0.844. The van der Waals surface area contributed by atoms with E-state index in [4.69, 9.17) is 0 Å². The summed E-state index contributed by atoms with van der Waals surface area (Å²) in [6.45, 7) is 1.78. The Hall–Kier alpha value is -1.26. The first-order chi connectivity index (χ1) is 7.45. The minimum atomic E-state index is 0.844. The molecule has 0 radical (unpaired) electrons. The quantitative estimate of drug-likeness (QED) is 0.780. The van der Waals surface area contributed by atoms with Gasteiger partial charge in [0.1, 0.15) is 0 Å². The molecule has 0 aliphatic rings. The highest BCUT2D eigenvalue weighted by Gasteiger charge is 1.95. The number of nitrogens with zero attached hydrogens (tertiary/aromatic N) is 2. The molecule has 0 spiro atoms. The second-order valence-electron chi connectivity index (χ2n) is 3.23. The molecule has 2 aromatic heterocycles. The predicted molar refractivity (Wildman–Crippen MR) is 61.8 cm³/mol. The van der Waals surface area contributed by atoms with E-state index in [2.05, 4.69) is 20.7 Å². The molecule has 0 saturated carbocycles. The van der Waals surface area contributed by atoms with Crippen molar-refractivity contribution in [3.63, 3.8) is 0 Å². The third-order valence-electron chi connectivity index (χ3n) is 2.07. The van der Waals surface area contributed by atoms with Crippen LogP contribution in [0.2, 0.25) is 0 Å². The van der Waals surface area contributed by atoms with Crippen molar-refractivity contribution in [2.45, 2.75) is 13.0 Å². The maximum Gasteiger partial charge on any atom is 0.0795 e. The fraction of sp³-hybridized carbons (Fsp3) is 0.273. The van der Waals surface area contributed by atoms with Crippen LogP contribution in [-0.4, -0.2) is 16.5 Å².